The molecule has 3 aromatic carbocycles. The van der Waals surface area contributed by atoms with Crippen molar-refractivity contribution in [2.75, 3.05) is 20.3 Å². The van der Waals surface area contributed by atoms with Gasteiger partial charge in [-0.25, -0.2) is 0 Å². The fraction of sp³-hybridized carbons (Fsp3) is 0.176. The van der Waals surface area contributed by atoms with Gasteiger partial charge in [-0.15, -0.1) is 0 Å². The van der Waals surface area contributed by atoms with E-state index in [9.17, 15) is 5.11 Å². The molecule has 0 amide bonds. The molecule has 0 radical (unpaired) electrons. The Morgan fingerprint density at radius 3 is 1.80 bits per heavy atom. The van der Waals surface area contributed by atoms with Crippen molar-refractivity contribution in [2.45, 2.75) is 0 Å². The summed E-state index contributed by atoms with van der Waals surface area (Å²) in [6, 6.07) is 15.4. The first-order chi connectivity index (χ1) is 9.83. The molecule has 3 nitrogen and oxygen atoms in total. The highest BCUT2D eigenvalue weighted by molar-refractivity contribution is 6.10. The highest BCUT2D eigenvalue weighted by Crippen LogP contribution is 2.41. The monoisotopic (exact) mass is 268 g/mol. The van der Waals surface area contributed by atoms with Crippen LogP contribution < -0.4 is 4.74 Å². The number of phenols is 1. The van der Waals surface area contributed by atoms with E-state index in [1.807, 2.05) is 48.5 Å². The van der Waals surface area contributed by atoms with E-state index < -0.39 is 0 Å². The number of rotatable bonds is 4. The first-order valence-corrected chi connectivity index (χ1v) is 6.57. The number of methoxy groups -OCH3 is 1. The summed E-state index contributed by atoms with van der Waals surface area (Å²) >= 11 is 0. The molecule has 0 spiro atoms. The first-order valence-electron chi connectivity index (χ1n) is 6.57. The molecular weight excluding hydrogens is 252 g/mol. The van der Waals surface area contributed by atoms with Crippen LogP contribution in [0, 0.1) is 0 Å². The first kappa shape index (κ1) is 12.8. The molecule has 0 aliphatic heterocycles. The maximum atomic E-state index is 10.4. The molecule has 3 rings (SSSR count). The zero-order valence-corrected chi connectivity index (χ0v) is 11.3. The molecule has 0 atom stereocenters. The van der Waals surface area contributed by atoms with Gasteiger partial charge in [0.05, 0.1) is 6.61 Å². The molecule has 3 aromatic rings. The molecule has 0 saturated carbocycles. The SMILES string of the molecule is COCCOc1c2ccccc2c(O)c2ccccc12. The molecule has 0 saturated heterocycles. The van der Waals surface area contributed by atoms with Crippen molar-refractivity contribution in [3.8, 4) is 11.5 Å². The highest BCUT2D eigenvalue weighted by atomic mass is 16.5. The third-order valence-electron chi connectivity index (χ3n) is 3.39. The van der Waals surface area contributed by atoms with Gasteiger partial charge in [0.1, 0.15) is 18.1 Å². The standard InChI is InChI=1S/C17H16O3/c1-19-10-11-20-17-14-8-4-2-6-12(14)16(18)13-7-3-5-9-15(13)17/h2-9,18H,10-11H2,1H3. The second-order valence-corrected chi connectivity index (χ2v) is 4.61. The minimum absolute atomic E-state index is 0.301. The summed E-state index contributed by atoms with van der Waals surface area (Å²) in [4.78, 5) is 0. The average molecular weight is 268 g/mol. The molecule has 0 aliphatic carbocycles. The number of phenolic OH excluding ortho intramolecular Hbond substituents is 1. The molecular formula is C17H16O3. The largest absolute Gasteiger partial charge is 0.507 e. The quantitative estimate of drug-likeness (QED) is 0.579. The van der Waals surface area contributed by atoms with Crippen LogP contribution in [0.1, 0.15) is 0 Å². The Labute approximate surface area is 117 Å². The molecule has 0 aliphatic rings. The smallest absolute Gasteiger partial charge is 0.135 e. The summed E-state index contributed by atoms with van der Waals surface area (Å²) in [5, 5.41) is 13.9. The van der Waals surface area contributed by atoms with E-state index in [1.165, 1.54) is 0 Å². The average Bonchev–Trinajstić information content (AvgIpc) is 2.51. The fourth-order valence-electron chi connectivity index (χ4n) is 2.45. The Bertz CT molecular complexity index is 693. The van der Waals surface area contributed by atoms with Crippen molar-refractivity contribution in [1.29, 1.82) is 0 Å². The number of hydrogen-bond donors (Lipinski definition) is 1. The van der Waals surface area contributed by atoms with Gasteiger partial charge in [-0.2, -0.15) is 0 Å². The van der Waals surface area contributed by atoms with Gasteiger partial charge >= 0.3 is 0 Å². The minimum Gasteiger partial charge on any atom is -0.507 e. The number of benzene rings is 3. The van der Waals surface area contributed by atoms with Crippen molar-refractivity contribution >= 4 is 21.5 Å². The van der Waals surface area contributed by atoms with Gasteiger partial charge in [0, 0.05) is 28.7 Å². The van der Waals surface area contributed by atoms with E-state index in [0.717, 1.165) is 27.3 Å². The van der Waals surface area contributed by atoms with Crippen molar-refractivity contribution in [1.82, 2.24) is 0 Å². The summed E-state index contributed by atoms with van der Waals surface area (Å²) in [6.07, 6.45) is 0. The molecule has 0 bridgehead atoms. The van der Waals surface area contributed by atoms with Crippen LogP contribution in [0.3, 0.4) is 0 Å². The second-order valence-electron chi connectivity index (χ2n) is 4.61. The third-order valence-corrected chi connectivity index (χ3v) is 3.39. The van der Waals surface area contributed by atoms with E-state index in [2.05, 4.69) is 0 Å². The van der Waals surface area contributed by atoms with Crippen molar-refractivity contribution < 1.29 is 14.6 Å². The highest BCUT2D eigenvalue weighted by Gasteiger charge is 2.13. The Kier molecular flexibility index (Phi) is 3.44. The van der Waals surface area contributed by atoms with Gasteiger partial charge in [-0.3, -0.25) is 0 Å². The lowest BCUT2D eigenvalue weighted by molar-refractivity contribution is 0.148. The summed E-state index contributed by atoms with van der Waals surface area (Å²) in [5.41, 5.74) is 0. The molecule has 0 unspecified atom stereocenters. The molecule has 0 fully saturated rings. The zero-order valence-electron chi connectivity index (χ0n) is 11.3. The Hall–Kier alpha value is -2.26. The summed E-state index contributed by atoms with van der Waals surface area (Å²) in [5.74, 6) is 1.10. The molecule has 102 valence electrons. The maximum absolute atomic E-state index is 10.4. The van der Waals surface area contributed by atoms with E-state index in [-0.39, 0.29) is 0 Å². The van der Waals surface area contributed by atoms with Crippen LogP contribution in [0.4, 0.5) is 0 Å². The van der Waals surface area contributed by atoms with Crippen LogP contribution in [-0.4, -0.2) is 25.4 Å². The van der Waals surface area contributed by atoms with E-state index in [0.29, 0.717) is 19.0 Å². The minimum atomic E-state index is 0.301. The normalized spacial score (nSPS) is 11.1. The van der Waals surface area contributed by atoms with Gasteiger partial charge in [0.15, 0.2) is 0 Å². The summed E-state index contributed by atoms with van der Waals surface area (Å²) < 4.78 is 10.9. The van der Waals surface area contributed by atoms with E-state index in [4.69, 9.17) is 9.47 Å². The Morgan fingerprint density at radius 2 is 1.30 bits per heavy atom. The maximum Gasteiger partial charge on any atom is 0.135 e. The molecule has 3 heteroatoms. The lowest BCUT2D eigenvalue weighted by Gasteiger charge is -2.14. The number of fused-ring (bicyclic) bond motifs is 2. The Morgan fingerprint density at radius 1 is 0.800 bits per heavy atom. The third kappa shape index (κ3) is 2.06. The van der Waals surface area contributed by atoms with E-state index in [1.54, 1.807) is 7.11 Å². The second kappa shape index (κ2) is 5.39. The van der Waals surface area contributed by atoms with Gasteiger partial charge in [-0.1, -0.05) is 48.5 Å². The Balaban J connectivity index is 2.28. The van der Waals surface area contributed by atoms with Crippen LogP contribution in [0.2, 0.25) is 0 Å². The van der Waals surface area contributed by atoms with Gasteiger partial charge in [-0.05, 0) is 0 Å². The summed E-state index contributed by atoms with van der Waals surface area (Å²) in [6.45, 7) is 1.01. The van der Waals surface area contributed by atoms with Gasteiger partial charge in [0.25, 0.3) is 0 Å². The lowest BCUT2D eigenvalue weighted by Crippen LogP contribution is -2.05. The predicted octanol–water partition coefficient (Wildman–Crippen LogP) is 3.72. The van der Waals surface area contributed by atoms with E-state index >= 15 is 0 Å². The van der Waals surface area contributed by atoms with Crippen LogP contribution in [0.5, 0.6) is 11.5 Å². The topological polar surface area (TPSA) is 38.7 Å². The molecule has 0 aromatic heterocycles. The van der Waals surface area contributed by atoms with Crippen LogP contribution >= 0.6 is 0 Å². The van der Waals surface area contributed by atoms with Crippen molar-refractivity contribution in [3.63, 3.8) is 0 Å². The van der Waals surface area contributed by atoms with Crippen molar-refractivity contribution in [3.05, 3.63) is 48.5 Å². The van der Waals surface area contributed by atoms with Crippen LogP contribution in [-0.2, 0) is 4.74 Å². The predicted molar refractivity (Wildman–Crippen MR) is 80.5 cm³/mol. The summed E-state index contributed by atoms with van der Waals surface area (Å²) in [7, 11) is 1.65. The lowest BCUT2D eigenvalue weighted by atomic mass is 10.0. The van der Waals surface area contributed by atoms with Crippen LogP contribution in [0.15, 0.2) is 48.5 Å². The zero-order chi connectivity index (χ0) is 13.9. The van der Waals surface area contributed by atoms with Gasteiger partial charge < -0.3 is 14.6 Å². The van der Waals surface area contributed by atoms with Crippen LogP contribution in [0.25, 0.3) is 21.5 Å². The van der Waals surface area contributed by atoms with Crippen molar-refractivity contribution in [2.24, 2.45) is 0 Å². The number of aromatic hydroxyl groups is 1. The molecule has 1 N–H and O–H groups in total. The molecule has 0 heterocycles. The fourth-order valence-corrected chi connectivity index (χ4v) is 2.45. The van der Waals surface area contributed by atoms with Gasteiger partial charge in [0.2, 0.25) is 0 Å². The number of ether oxygens (including phenoxy) is 2. The molecule has 20 heavy (non-hydrogen) atoms. The number of hydrogen-bond acceptors (Lipinski definition) is 3.